The first-order chi connectivity index (χ1) is 9.18. The lowest BCUT2D eigenvalue weighted by molar-refractivity contribution is -0.145. The van der Waals surface area contributed by atoms with Crippen molar-refractivity contribution in [1.82, 2.24) is 15.5 Å². The molecule has 6 nitrogen and oxygen atoms in total. The lowest BCUT2D eigenvalue weighted by Crippen LogP contribution is -2.45. The summed E-state index contributed by atoms with van der Waals surface area (Å²) < 4.78 is 5.44. The van der Waals surface area contributed by atoms with Crippen LogP contribution in [0.5, 0.6) is 0 Å². The molecule has 0 aromatic carbocycles. The van der Waals surface area contributed by atoms with E-state index in [1.807, 2.05) is 6.92 Å². The molecule has 19 heavy (non-hydrogen) atoms. The minimum Gasteiger partial charge on any atom is -0.378 e. The van der Waals surface area contributed by atoms with Gasteiger partial charge >= 0.3 is 11.8 Å². The van der Waals surface area contributed by atoms with E-state index in [1.165, 1.54) is 0 Å². The topological polar surface area (TPSA) is 70.7 Å². The van der Waals surface area contributed by atoms with E-state index in [0.29, 0.717) is 25.6 Å². The van der Waals surface area contributed by atoms with Gasteiger partial charge in [0.1, 0.15) is 0 Å². The summed E-state index contributed by atoms with van der Waals surface area (Å²) in [6.07, 6.45) is 2.01. The highest BCUT2D eigenvalue weighted by Gasteiger charge is 2.27. The van der Waals surface area contributed by atoms with Crippen molar-refractivity contribution >= 4 is 11.8 Å². The Morgan fingerprint density at radius 3 is 2.95 bits per heavy atom. The standard InChI is InChI=1S/C13H23N3O3/c1-10-11(3-8-19-10)9-15-12(17)13(18)16-6-2-4-14-5-7-16/h10-11,14H,2-9H2,1H3,(H,15,17). The molecule has 2 N–H and O–H groups in total. The van der Waals surface area contributed by atoms with Gasteiger partial charge in [-0.15, -0.1) is 0 Å². The lowest BCUT2D eigenvalue weighted by Gasteiger charge is -2.20. The van der Waals surface area contributed by atoms with Gasteiger partial charge in [-0.05, 0) is 26.3 Å². The Balaban J connectivity index is 1.76. The van der Waals surface area contributed by atoms with Crippen LogP contribution in [-0.2, 0) is 14.3 Å². The predicted octanol–water partition coefficient (Wildman–Crippen LogP) is -0.650. The molecule has 2 aliphatic rings. The molecule has 2 aliphatic heterocycles. The third-order valence-electron chi connectivity index (χ3n) is 3.88. The number of nitrogens with zero attached hydrogens (tertiary/aromatic N) is 1. The fourth-order valence-corrected chi connectivity index (χ4v) is 2.54. The van der Waals surface area contributed by atoms with E-state index in [0.717, 1.165) is 32.5 Å². The molecule has 2 atom stereocenters. The van der Waals surface area contributed by atoms with Gasteiger partial charge in [0.2, 0.25) is 0 Å². The van der Waals surface area contributed by atoms with E-state index in [4.69, 9.17) is 4.74 Å². The van der Waals surface area contributed by atoms with Crippen molar-refractivity contribution in [3.8, 4) is 0 Å². The molecule has 108 valence electrons. The quantitative estimate of drug-likeness (QED) is 0.654. The molecule has 0 aromatic heterocycles. The molecule has 0 saturated carbocycles. The molecular formula is C13H23N3O3. The average molecular weight is 269 g/mol. The van der Waals surface area contributed by atoms with Crippen molar-refractivity contribution in [3.05, 3.63) is 0 Å². The van der Waals surface area contributed by atoms with Crippen molar-refractivity contribution in [2.45, 2.75) is 25.9 Å². The second kappa shape index (κ2) is 6.86. The second-order valence-corrected chi connectivity index (χ2v) is 5.23. The van der Waals surface area contributed by atoms with Gasteiger partial charge in [0.25, 0.3) is 0 Å². The maximum absolute atomic E-state index is 12.0. The van der Waals surface area contributed by atoms with E-state index >= 15 is 0 Å². The fraction of sp³-hybridized carbons (Fsp3) is 0.846. The van der Waals surface area contributed by atoms with Crippen LogP contribution in [0.1, 0.15) is 19.8 Å². The summed E-state index contributed by atoms with van der Waals surface area (Å²) in [6, 6.07) is 0. The van der Waals surface area contributed by atoms with Gasteiger partial charge in [0.15, 0.2) is 0 Å². The van der Waals surface area contributed by atoms with Crippen LogP contribution in [0, 0.1) is 5.92 Å². The van der Waals surface area contributed by atoms with E-state index in [1.54, 1.807) is 4.90 Å². The molecule has 2 amide bonds. The maximum Gasteiger partial charge on any atom is 0.311 e. The number of carbonyl (C=O) groups excluding carboxylic acids is 2. The summed E-state index contributed by atoms with van der Waals surface area (Å²) in [4.78, 5) is 25.5. The van der Waals surface area contributed by atoms with Gasteiger partial charge in [-0.1, -0.05) is 0 Å². The number of hydrogen-bond acceptors (Lipinski definition) is 4. The summed E-state index contributed by atoms with van der Waals surface area (Å²) >= 11 is 0. The van der Waals surface area contributed by atoms with Crippen molar-refractivity contribution in [2.24, 2.45) is 5.92 Å². The maximum atomic E-state index is 12.0. The fourth-order valence-electron chi connectivity index (χ4n) is 2.54. The van der Waals surface area contributed by atoms with E-state index in [-0.39, 0.29) is 6.10 Å². The van der Waals surface area contributed by atoms with Crippen LogP contribution in [0.3, 0.4) is 0 Å². The molecule has 6 heteroatoms. The Labute approximate surface area is 113 Å². The minimum absolute atomic E-state index is 0.165. The molecule has 0 spiro atoms. The summed E-state index contributed by atoms with van der Waals surface area (Å²) in [5.41, 5.74) is 0. The third-order valence-corrected chi connectivity index (χ3v) is 3.88. The first kappa shape index (κ1) is 14.3. The highest BCUT2D eigenvalue weighted by molar-refractivity contribution is 6.35. The van der Waals surface area contributed by atoms with E-state index < -0.39 is 11.8 Å². The SMILES string of the molecule is CC1OCCC1CNC(=O)C(=O)N1CCCNCC1. The van der Waals surface area contributed by atoms with E-state index in [2.05, 4.69) is 10.6 Å². The smallest absolute Gasteiger partial charge is 0.311 e. The highest BCUT2D eigenvalue weighted by atomic mass is 16.5. The zero-order valence-electron chi connectivity index (χ0n) is 11.5. The Morgan fingerprint density at radius 2 is 2.21 bits per heavy atom. The Morgan fingerprint density at radius 1 is 1.37 bits per heavy atom. The molecule has 2 rings (SSSR count). The van der Waals surface area contributed by atoms with Crippen LogP contribution in [0.15, 0.2) is 0 Å². The summed E-state index contributed by atoms with van der Waals surface area (Å²) in [7, 11) is 0. The van der Waals surface area contributed by atoms with Crippen molar-refractivity contribution in [1.29, 1.82) is 0 Å². The van der Waals surface area contributed by atoms with Gasteiger partial charge in [0.05, 0.1) is 6.10 Å². The number of rotatable bonds is 2. The normalized spacial score (nSPS) is 27.9. The highest BCUT2D eigenvalue weighted by Crippen LogP contribution is 2.19. The summed E-state index contributed by atoms with van der Waals surface area (Å²) in [5.74, 6) is -0.571. The van der Waals surface area contributed by atoms with Gasteiger partial charge in [-0.3, -0.25) is 9.59 Å². The van der Waals surface area contributed by atoms with Crippen LogP contribution < -0.4 is 10.6 Å². The third kappa shape index (κ3) is 3.91. The molecular weight excluding hydrogens is 246 g/mol. The zero-order chi connectivity index (χ0) is 13.7. The number of amides is 2. The number of ether oxygens (including phenoxy) is 1. The van der Waals surface area contributed by atoms with Crippen LogP contribution in [0.2, 0.25) is 0 Å². The molecule has 2 saturated heterocycles. The first-order valence-corrected chi connectivity index (χ1v) is 7.08. The van der Waals surface area contributed by atoms with Gasteiger partial charge < -0.3 is 20.3 Å². The van der Waals surface area contributed by atoms with Gasteiger partial charge in [-0.25, -0.2) is 0 Å². The van der Waals surface area contributed by atoms with Crippen LogP contribution in [-0.4, -0.2) is 62.1 Å². The second-order valence-electron chi connectivity index (χ2n) is 5.23. The predicted molar refractivity (Wildman–Crippen MR) is 70.6 cm³/mol. The Kier molecular flexibility index (Phi) is 5.15. The van der Waals surface area contributed by atoms with Crippen molar-refractivity contribution in [3.63, 3.8) is 0 Å². The van der Waals surface area contributed by atoms with Crippen LogP contribution >= 0.6 is 0 Å². The number of nitrogens with one attached hydrogen (secondary N) is 2. The minimum atomic E-state index is -0.485. The molecule has 0 radical (unpaired) electrons. The first-order valence-electron chi connectivity index (χ1n) is 7.08. The molecule has 2 unspecified atom stereocenters. The summed E-state index contributed by atoms with van der Waals surface area (Å²) in [5, 5.41) is 5.95. The molecule has 2 fully saturated rings. The molecule has 0 aromatic rings. The Bertz CT molecular complexity index is 327. The van der Waals surface area contributed by atoms with Crippen molar-refractivity contribution < 1.29 is 14.3 Å². The molecule has 0 bridgehead atoms. The lowest BCUT2D eigenvalue weighted by atomic mass is 10.0. The largest absolute Gasteiger partial charge is 0.378 e. The average Bonchev–Trinajstić information content (AvgIpc) is 2.68. The van der Waals surface area contributed by atoms with Gasteiger partial charge in [-0.2, -0.15) is 0 Å². The van der Waals surface area contributed by atoms with E-state index in [9.17, 15) is 9.59 Å². The number of hydrogen-bond donors (Lipinski definition) is 2. The zero-order valence-corrected chi connectivity index (χ0v) is 11.5. The van der Waals surface area contributed by atoms with Crippen LogP contribution in [0.4, 0.5) is 0 Å². The van der Waals surface area contributed by atoms with Crippen molar-refractivity contribution in [2.75, 3.05) is 39.3 Å². The monoisotopic (exact) mass is 269 g/mol. The Hall–Kier alpha value is -1.14. The number of carbonyl (C=O) groups is 2. The summed E-state index contributed by atoms with van der Waals surface area (Å²) in [6.45, 7) is 6.20. The molecule has 2 heterocycles. The molecule has 0 aliphatic carbocycles. The van der Waals surface area contributed by atoms with Gasteiger partial charge in [0, 0.05) is 38.7 Å². The van der Waals surface area contributed by atoms with Crippen LogP contribution in [0.25, 0.3) is 0 Å².